The van der Waals surface area contributed by atoms with Crippen molar-refractivity contribution in [2.24, 2.45) is 28.4 Å². The molecule has 1 saturated carbocycles. The van der Waals surface area contributed by atoms with E-state index in [4.69, 9.17) is 10.5 Å². The molecule has 0 aromatic carbocycles. The van der Waals surface area contributed by atoms with Gasteiger partial charge in [-0.05, 0) is 30.2 Å². The van der Waals surface area contributed by atoms with Crippen LogP contribution in [0.5, 0.6) is 0 Å². The van der Waals surface area contributed by atoms with Gasteiger partial charge >= 0.3 is 0 Å². The van der Waals surface area contributed by atoms with Gasteiger partial charge in [0.05, 0.1) is 13.2 Å². The summed E-state index contributed by atoms with van der Waals surface area (Å²) in [5.41, 5.74) is 6.74. The van der Waals surface area contributed by atoms with E-state index in [1.54, 1.807) is 0 Å². The van der Waals surface area contributed by atoms with E-state index in [2.05, 4.69) is 20.8 Å². The average molecular weight is 183 g/mol. The van der Waals surface area contributed by atoms with Crippen molar-refractivity contribution in [2.45, 2.75) is 27.2 Å². The minimum atomic E-state index is 0.467. The third kappa shape index (κ3) is 1.08. The molecule has 1 aliphatic carbocycles. The molecule has 2 atom stereocenters. The van der Waals surface area contributed by atoms with Gasteiger partial charge in [0.25, 0.3) is 0 Å². The molecule has 2 N–H and O–H groups in total. The molecule has 0 spiro atoms. The maximum Gasteiger partial charge on any atom is 0.0547 e. The standard InChI is InChI=1S/C11H21NO/c1-4-11(6-13-7-11)9-8(5-12)10(9,2)3/h8-9H,4-7,12H2,1-3H3. The molecule has 0 radical (unpaired) electrons. The highest BCUT2D eigenvalue weighted by Crippen LogP contribution is 2.67. The smallest absolute Gasteiger partial charge is 0.0547 e. The normalized spacial score (nSPS) is 39.7. The van der Waals surface area contributed by atoms with Crippen LogP contribution in [0.4, 0.5) is 0 Å². The lowest BCUT2D eigenvalue weighted by Gasteiger charge is -2.42. The molecule has 2 rings (SSSR count). The van der Waals surface area contributed by atoms with Crippen molar-refractivity contribution in [3.63, 3.8) is 0 Å². The van der Waals surface area contributed by atoms with Gasteiger partial charge in [-0.1, -0.05) is 20.8 Å². The molecular formula is C11H21NO. The van der Waals surface area contributed by atoms with E-state index < -0.39 is 0 Å². The van der Waals surface area contributed by atoms with Crippen LogP contribution in [0.3, 0.4) is 0 Å². The fourth-order valence-corrected chi connectivity index (χ4v) is 3.37. The molecule has 13 heavy (non-hydrogen) atoms. The van der Waals surface area contributed by atoms with E-state index in [1.165, 1.54) is 6.42 Å². The first-order valence-corrected chi connectivity index (χ1v) is 5.36. The molecule has 2 nitrogen and oxygen atoms in total. The van der Waals surface area contributed by atoms with Crippen LogP contribution >= 0.6 is 0 Å². The summed E-state index contributed by atoms with van der Waals surface area (Å²) in [4.78, 5) is 0. The van der Waals surface area contributed by atoms with Crippen LogP contribution in [-0.4, -0.2) is 19.8 Å². The van der Waals surface area contributed by atoms with Crippen molar-refractivity contribution >= 4 is 0 Å². The van der Waals surface area contributed by atoms with E-state index in [-0.39, 0.29) is 0 Å². The topological polar surface area (TPSA) is 35.2 Å². The van der Waals surface area contributed by atoms with E-state index in [0.29, 0.717) is 10.8 Å². The Hall–Kier alpha value is -0.0800. The van der Waals surface area contributed by atoms with Gasteiger partial charge in [0.1, 0.15) is 0 Å². The second kappa shape index (κ2) is 2.71. The third-order valence-electron chi connectivity index (χ3n) is 4.45. The minimum Gasteiger partial charge on any atom is -0.380 e. The Labute approximate surface area is 80.8 Å². The Balaban J connectivity index is 2.10. The van der Waals surface area contributed by atoms with Gasteiger partial charge in [0, 0.05) is 5.41 Å². The van der Waals surface area contributed by atoms with E-state index in [1.807, 2.05) is 0 Å². The van der Waals surface area contributed by atoms with Crippen LogP contribution in [-0.2, 0) is 4.74 Å². The lowest BCUT2D eigenvalue weighted by molar-refractivity contribution is -0.135. The van der Waals surface area contributed by atoms with E-state index in [9.17, 15) is 0 Å². The van der Waals surface area contributed by atoms with Crippen molar-refractivity contribution in [1.29, 1.82) is 0 Å². The quantitative estimate of drug-likeness (QED) is 0.722. The minimum absolute atomic E-state index is 0.467. The number of nitrogens with two attached hydrogens (primary N) is 1. The summed E-state index contributed by atoms with van der Waals surface area (Å²) in [6.07, 6.45) is 1.25. The zero-order valence-electron chi connectivity index (χ0n) is 8.97. The van der Waals surface area contributed by atoms with Gasteiger partial charge in [-0.2, -0.15) is 0 Å². The van der Waals surface area contributed by atoms with Gasteiger partial charge in [-0.3, -0.25) is 0 Å². The fraction of sp³-hybridized carbons (Fsp3) is 1.00. The van der Waals surface area contributed by atoms with Gasteiger partial charge in [0.2, 0.25) is 0 Å². The second-order valence-electron chi connectivity index (χ2n) is 5.35. The maximum absolute atomic E-state index is 5.79. The highest BCUT2D eigenvalue weighted by molar-refractivity contribution is 5.14. The van der Waals surface area contributed by atoms with Gasteiger partial charge < -0.3 is 10.5 Å². The number of ether oxygens (including phenoxy) is 1. The third-order valence-corrected chi connectivity index (χ3v) is 4.45. The first-order chi connectivity index (χ1) is 6.08. The van der Waals surface area contributed by atoms with Crippen molar-refractivity contribution in [3.05, 3.63) is 0 Å². The van der Waals surface area contributed by atoms with Crippen molar-refractivity contribution in [1.82, 2.24) is 0 Å². The first-order valence-electron chi connectivity index (χ1n) is 5.36. The molecular weight excluding hydrogens is 162 g/mol. The Morgan fingerprint density at radius 3 is 2.23 bits per heavy atom. The van der Waals surface area contributed by atoms with Crippen LogP contribution < -0.4 is 5.73 Å². The summed E-state index contributed by atoms with van der Waals surface area (Å²) in [5.74, 6) is 1.54. The van der Waals surface area contributed by atoms with Gasteiger partial charge in [0.15, 0.2) is 0 Å². The summed E-state index contributed by atoms with van der Waals surface area (Å²) in [6, 6.07) is 0. The number of hydrogen-bond acceptors (Lipinski definition) is 2. The molecule has 76 valence electrons. The van der Waals surface area contributed by atoms with Gasteiger partial charge in [-0.25, -0.2) is 0 Å². The molecule has 0 aromatic rings. The SMILES string of the molecule is CCC1(C2C(CN)C2(C)C)COC1. The van der Waals surface area contributed by atoms with Crippen molar-refractivity contribution < 1.29 is 4.74 Å². The summed E-state index contributed by atoms with van der Waals surface area (Å²) in [6.45, 7) is 9.77. The van der Waals surface area contributed by atoms with Crippen LogP contribution in [0.15, 0.2) is 0 Å². The molecule has 2 unspecified atom stereocenters. The van der Waals surface area contributed by atoms with Gasteiger partial charge in [-0.15, -0.1) is 0 Å². The molecule has 1 heterocycles. The maximum atomic E-state index is 5.79. The van der Waals surface area contributed by atoms with Crippen molar-refractivity contribution in [2.75, 3.05) is 19.8 Å². The lowest BCUT2D eigenvalue weighted by atomic mass is 9.75. The Morgan fingerprint density at radius 1 is 1.38 bits per heavy atom. The molecule has 2 aliphatic rings. The largest absolute Gasteiger partial charge is 0.380 e. The van der Waals surface area contributed by atoms with Crippen LogP contribution in [0.2, 0.25) is 0 Å². The van der Waals surface area contributed by atoms with Crippen LogP contribution in [0, 0.1) is 22.7 Å². The summed E-state index contributed by atoms with van der Waals surface area (Å²) >= 11 is 0. The lowest BCUT2D eigenvalue weighted by Crippen LogP contribution is -2.45. The molecule has 1 aliphatic heterocycles. The number of rotatable bonds is 3. The summed E-state index contributed by atoms with van der Waals surface area (Å²) < 4.78 is 5.38. The van der Waals surface area contributed by atoms with Crippen LogP contribution in [0.1, 0.15) is 27.2 Å². The van der Waals surface area contributed by atoms with E-state index >= 15 is 0 Å². The Bertz CT molecular complexity index is 203. The monoisotopic (exact) mass is 183 g/mol. The summed E-state index contributed by atoms with van der Waals surface area (Å²) in [7, 11) is 0. The van der Waals surface area contributed by atoms with Crippen LogP contribution in [0.25, 0.3) is 0 Å². The Kier molecular flexibility index (Phi) is 1.97. The highest BCUT2D eigenvalue weighted by Gasteiger charge is 2.66. The molecule has 2 heteroatoms. The highest BCUT2D eigenvalue weighted by atomic mass is 16.5. The average Bonchev–Trinajstić information content (AvgIpc) is 2.54. The van der Waals surface area contributed by atoms with Crippen molar-refractivity contribution in [3.8, 4) is 0 Å². The van der Waals surface area contributed by atoms with E-state index in [0.717, 1.165) is 31.6 Å². The number of hydrogen-bond donors (Lipinski definition) is 1. The molecule has 2 fully saturated rings. The molecule has 1 saturated heterocycles. The Morgan fingerprint density at radius 2 is 2.00 bits per heavy atom. The molecule has 0 amide bonds. The fourth-order valence-electron chi connectivity index (χ4n) is 3.37. The molecule has 0 bridgehead atoms. The zero-order valence-corrected chi connectivity index (χ0v) is 8.97. The zero-order chi connectivity index (χ0) is 9.69. The summed E-state index contributed by atoms with van der Waals surface area (Å²) in [5, 5.41) is 0. The second-order valence-corrected chi connectivity index (χ2v) is 5.35. The molecule has 0 aromatic heterocycles. The first kappa shape index (κ1) is 9.47. The predicted octanol–water partition coefficient (Wildman–Crippen LogP) is 1.64. The predicted molar refractivity (Wildman–Crippen MR) is 53.4 cm³/mol.